The topological polar surface area (TPSA) is 99.9 Å². The Balaban J connectivity index is 1.36. The first-order chi connectivity index (χ1) is 20.8. The van der Waals surface area contributed by atoms with Crippen LogP contribution in [0.2, 0.25) is 0 Å². The van der Waals surface area contributed by atoms with E-state index in [4.69, 9.17) is 14.1 Å². The van der Waals surface area contributed by atoms with Crippen molar-refractivity contribution in [1.29, 1.82) is 0 Å². The SMILES string of the molecule is COc1ccc([C@@H]2C3=C(N=c4s/c(=C\c5ccc(-c6cc(C)c(C)c([N+](=O)[O-])c6)o5)c(=O)n42)c2ccccc2CC3)cc1. The highest BCUT2D eigenvalue weighted by Crippen LogP contribution is 2.41. The molecule has 1 aliphatic heterocycles. The normalized spacial score (nSPS) is 15.9. The first kappa shape index (κ1) is 26.9. The van der Waals surface area contributed by atoms with Crippen molar-refractivity contribution in [3.8, 4) is 17.1 Å². The van der Waals surface area contributed by atoms with Crippen LogP contribution in [0.5, 0.6) is 5.75 Å². The number of benzene rings is 3. The maximum Gasteiger partial charge on any atom is 0.273 e. The lowest BCUT2D eigenvalue weighted by Crippen LogP contribution is -2.38. The minimum Gasteiger partial charge on any atom is -0.497 e. The second-order valence-electron chi connectivity index (χ2n) is 10.8. The quantitative estimate of drug-likeness (QED) is 0.182. The van der Waals surface area contributed by atoms with E-state index in [-0.39, 0.29) is 22.2 Å². The number of hydrogen-bond donors (Lipinski definition) is 0. The van der Waals surface area contributed by atoms with Crippen LogP contribution in [0.1, 0.15) is 46.0 Å². The minimum absolute atomic E-state index is 0.0466. The second-order valence-corrected chi connectivity index (χ2v) is 11.8. The molecule has 0 radical (unpaired) electrons. The molecule has 8 nitrogen and oxygen atoms in total. The van der Waals surface area contributed by atoms with Crippen molar-refractivity contribution >= 4 is 28.8 Å². The molecule has 2 aliphatic rings. The van der Waals surface area contributed by atoms with E-state index in [2.05, 4.69) is 18.2 Å². The van der Waals surface area contributed by atoms with Crippen molar-refractivity contribution in [3.05, 3.63) is 142 Å². The lowest BCUT2D eigenvalue weighted by atomic mass is 9.83. The van der Waals surface area contributed by atoms with Gasteiger partial charge in [-0.2, -0.15) is 0 Å². The Hall–Kier alpha value is -5.02. The van der Waals surface area contributed by atoms with Gasteiger partial charge in [-0.25, -0.2) is 4.99 Å². The number of hydrogen-bond acceptors (Lipinski definition) is 7. The molecule has 0 N–H and O–H groups in total. The Bertz CT molecular complexity index is 2150. The number of nitro benzene ring substituents is 1. The maximum atomic E-state index is 14.0. The van der Waals surface area contributed by atoms with E-state index >= 15 is 0 Å². The van der Waals surface area contributed by atoms with E-state index in [1.807, 2.05) is 43.3 Å². The van der Waals surface area contributed by atoms with Gasteiger partial charge in [-0.05, 0) is 79.3 Å². The third-order valence-electron chi connectivity index (χ3n) is 8.33. The number of allylic oxidation sites excluding steroid dienone is 1. The zero-order valence-corrected chi connectivity index (χ0v) is 24.6. The van der Waals surface area contributed by atoms with Crippen molar-refractivity contribution in [2.24, 2.45) is 4.99 Å². The van der Waals surface area contributed by atoms with Crippen LogP contribution < -0.4 is 19.6 Å². The van der Waals surface area contributed by atoms with Gasteiger partial charge in [0.05, 0.1) is 28.3 Å². The molecule has 0 spiro atoms. The maximum absolute atomic E-state index is 14.0. The van der Waals surface area contributed by atoms with Crippen LogP contribution in [0.4, 0.5) is 5.69 Å². The van der Waals surface area contributed by atoms with E-state index in [1.165, 1.54) is 23.0 Å². The highest BCUT2D eigenvalue weighted by Gasteiger charge is 2.32. The van der Waals surface area contributed by atoms with Crippen LogP contribution in [-0.2, 0) is 6.42 Å². The minimum atomic E-state index is -0.381. The van der Waals surface area contributed by atoms with E-state index in [0.717, 1.165) is 46.6 Å². The number of nitro groups is 1. The summed E-state index contributed by atoms with van der Waals surface area (Å²) in [7, 11) is 1.64. The van der Waals surface area contributed by atoms with Crippen molar-refractivity contribution in [3.63, 3.8) is 0 Å². The zero-order chi connectivity index (χ0) is 29.8. The fourth-order valence-corrected chi connectivity index (χ4v) is 6.98. The second kappa shape index (κ2) is 10.4. The molecule has 0 amide bonds. The van der Waals surface area contributed by atoms with E-state index in [9.17, 15) is 14.9 Å². The van der Waals surface area contributed by atoms with E-state index in [0.29, 0.717) is 32.0 Å². The average molecular weight is 590 g/mol. The molecule has 0 saturated heterocycles. The average Bonchev–Trinajstić information content (AvgIpc) is 3.61. The van der Waals surface area contributed by atoms with Crippen LogP contribution in [0.3, 0.4) is 0 Å². The predicted octanol–water partition coefficient (Wildman–Crippen LogP) is 6.11. The number of rotatable bonds is 5. The van der Waals surface area contributed by atoms with E-state index in [1.54, 1.807) is 36.8 Å². The molecule has 5 aromatic rings. The number of fused-ring (bicyclic) bond motifs is 3. The lowest BCUT2D eigenvalue weighted by Gasteiger charge is -2.30. The van der Waals surface area contributed by atoms with Gasteiger partial charge in [0.1, 0.15) is 17.3 Å². The summed E-state index contributed by atoms with van der Waals surface area (Å²) >= 11 is 1.33. The molecule has 0 fully saturated rings. The first-order valence-electron chi connectivity index (χ1n) is 14.0. The van der Waals surface area contributed by atoms with Crippen molar-refractivity contribution in [2.45, 2.75) is 32.7 Å². The number of furan rings is 1. The van der Waals surface area contributed by atoms with Crippen LogP contribution in [-0.4, -0.2) is 16.6 Å². The molecule has 7 rings (SSSR count). The lowest BCUT2D eigenvalue weighted by molar-refractivity contribution is -0.385. The molecule has 43 heavy (non-hydrogen) atoms. The highest BCUT2D eigenvalue weighted by atomic mass is 32.1. The fraction of sp³-hybridized carbons (Fsp3) is 0.176. The molecule has 9 heteroatoms. The molecular weight excluding hydrogens is 562 g/mol. The van der Waals surface area contributed by atoms with Crippen molar-refractivity contribution in [2.75, 3.05) is 7.11 Å². The van der Waals surface area contributed by atoms with Gasteiger partial charge in [0.15, 0.2) is 4.80 Å². The molecule has 2 aromatic heterocycles. The monoisotopic (exact) mass is 589 g/mol. The van der Waals surface area contributed by atoms with Crippen LogP contribution >= 0.6 is 11.3 Å². The predicted molar refractivity (Wildman–Crippen MR) is 166 cm³/mol. The highest BCUT2D eigenvalue weighted by molar-refractivity contribution is 7.07. The smallest absolute Gasteiger partial charge is 0.273 e. The molecule has 3 heterocycles. The number of thiazole rings is 1. The van der Waals surface area contributed by atoms with Gasteiger partial charge in [0.2, 0.25) is 0 Å². The van der Waals surface area contributed by atoms with Crippen LogP contribution in [0, 0.1) is 24.0 Å². The largest absolute Gasteiger partial charge is 0.497 e. The van der Waals surface area contributed by atoms with E-state index < -0.39 is 0 Å². The Morgan fingerprint density at radius 1 is 1.07 bits per heavy atom. The van der Waals surface area contributed by atoms with Crippen LogP contribution in [0.25, 0.3) is 23.1 Å². The van der Waals surface area contributed by atoms with Gasteiger partial charge >= 0.3 is 0 Å². The van der Waals surface area contributed by atoms with Gasteiger partial charge in [0, 0.05) is 28.8 Å². The number of aromatic nitrogens is 1. The standard InChI is InChI=1S/C34H27N3O5S/c1-19-16-23(17-28(20(19)2)37(39)40)29-15-13-25(42-29)18-30-33(38)36-32(22-8-11-24(41-3)12-9-22)27-14-10-21-6-4-5-7-26(21)31(27)35-34(36)43-30/h4-9,11-13,15-18,32H,10,14H2,1-3H3/b30-18-/t32-/m1/s1. The summed E-state index contributed by atoms with van der Waals surface area (Å²) in [6.07, 6.45) is 3.41. The summed E-state index contributed by atoms with van der Waals surface area (Å²) in [5, 5.41) is 11.6. The Morgan fingerprint density at radius 2 is 1.86 bits per heavy atom. The molecular formula is C34H27N3O5S. The summed E-state index contributed by atoms with van der Waals surface area (Å²) < 4.78 is 13.8. The number of ether oxygens (including phenoxy) is 1. The van der Waals surface area contributed by atoms with Gasteiger partial charge in [-0.15, -0.1) is 0 Å². The molecule has 3 aromatic carbocycles. The van der Waals surface area contributed by atoms with Crippen molar-refractivity contribution in [1.82, 2.24) is 4.57 Å². The molecule has 1 atom stereocenters. The Morgan fingerprint density at radius 3 is 2.63 bits per heavy atom. The fourth-order valence-electron chi connectivity index (χ4n) is 6.00. The summed E-state index contributed by atoms with van der Waals surface area (Å²) in [6, 6.07) is 22.8. The summed E-state index contributed by atoms with van der Waals surface area (Å²) in [5.74, 6) is 1.73. The third-order valence-corrected chi connectivity index (χ3v) is 9.31. The summed E-state index contributed by atoms with van der Waals surface area (Å²) in [5.41, 5.74) is 7.36. The first-order valence-corrected chi connectivity index (χ1v) is 14.8. The zero-order valence-electron chi connectivity index (χ0n) is 23.8. The summed E-state index contributed by atoms with van der Waals surface area (Å²) in [6.45, 7) is 3.58. The Labute approximate surface area is 250 Å². The number of nitrogens with zero attached hydrogens (tertiary/aromatic N) is 3. The molecule has 0 bridgehead atoms. The molecule has 214 valence electrons. The van der Waals surface area contributed by atoms with Gasteiger partial charge in [-0.3, -0.25) is 19.5 Å². The van der Waals surface area contributed by atoms with Crippen molar-refractivity contribution < 1.29 is 14.1 Å². The molecule has 0 unspecified atom stereocenters. The van der Waals surface area contributed by atoms with Crippen LogP contribution in [0.15, 0.2) is 92.6 Å². The molecule has 1 aliphatic carbocycles. The Kier molecular flexibility index (Phi) is 6.47. The third kappa shape index (κ3) is 4.53. The molecule has 0 saturated carbocycles. The summed E-state index contributed by atoms with van der Waals surface area (Å²) in [4.78, 5) is 30.9. The number of aryl methyl sites for hydroxylation is 2. The number of methoxy groups -OCH3 is 1. The van der Waals surface area contributed by atoms with Gasteiger partial charge < -0.3 is 9.15 Å². The van der Waals surface area contributed by atoms with Gasteiger partial charge in [0.25, 0.3) is 11.2 Å². The van der Waals surface area contributed by atoms with Gasteiger partial charge in [-0.1, -0.05) is 47.7 Å².